The van der Waals surface area contributed by atoms with Crippen LogP contribution in [0.1, 0.15) is 23.7 Å². The minimum Gasteiger partial charge on any atom is -0.481 e. The van der Waals surface area contributed by atoms with Gasteiger partial charge in [0.1, 0.15) is 0 Å². The molecule has 0 aliphatic carbocycles. The first-order valence-electron chi connectivity index (χ1n) is 4.04. The number of hydrogen-bond acceptors (Lipinski definition) is 3. The summed E-state index contributed by atoms with van der Waals surface area (Å²) in [5.74, 6) is -1.09. The first kappa shape index (κ1) is 10.2. The van der Waals surface area contributed by atoms with Crippen LogP contribution in [0.4, 0.5) is 0 Å². The van der Waals surface area contributed by atoms with Crippen molar-refractivity contribution in [2.75, 3.05) is 0 Å². The quantitative estimate of drug-likeness (QED) is 0.748. The number of rotatable bonds is 3. The van der Waals surface area contributed by atoms with E-state index in [1.54, 1.807) is 24.3 Å². The predicted octanol–water partition coefficient (Wildman–Crippen LogP) is 1.07. The third-order valence-electron chi connectivity index (χ3n) is 1.81. The summed E-state index contributed by atoms with van der Waals surface area (Å²) in [6, 6.07) is 8.30. The summed E-state index contributed by atoms with van der Waals surface area (Å²) in [5.41, 5.74) is 0.665. The number of benzene rings is 1. The Morgan fingerprint density at radius 1 is 1.50 bits per heavy atom. The second kappa shape index (κ2) is 4.40. The Morgan fingerprint density at radius 2 is 2.14 bits per heavy atom. The third kappa shape index (κ3) is 2.31. The molecule has 0 aliphatic rings. The van der Waals surface area contributed by atoms with E-state index < -0.39 is 18.5 Å². The van der Waals surface area contributed by atoms with E-state index in [0.29, 0.717) is 11.1 Å². The monoisotopic (exact) mass is 191 g/mol. The van der Waals surface area contributed by atoms with Crippen LogP contribution in [0.25, 0.3) is 0 Å². The van der Waals surface area contributed by atoms with Gasteiger partial charge in [0.15, 0.2) is 0 Å². The maximum Gasteiger partial charge on any atom is 0.306 e. The van der Waals surface area contributed by atoms with Crippen LogP contribution in [0.15, 0.2) is 24.3 Å². The fraction of sp³-hybridized carbons (Fsp3) is 0.200. The zero-order chi connectivity index (χ0) is 10.6. The van der Waals surface area contributed by atoms with Crippen molar-refractivity contribution in [3.05, 3.63) is 35.4 Å². The minimum atomic E-state index is -1.12. The van der Waals surface area contributed by atoms with E-state index >= 15 is 0 Å². The molecule has 4 nitrogen and oxygen atoms in total. The lowest BCUT2D eigenvalue weighted by Gasteiger charge is -2.09. The van der Waals surface area contributed by atoms with Gasteiger partial charge in [0.25, 0.3) is 0 Å². The number of aliphatic hydroxyl groups is 1. The molecule has 0 amide bonds. The largest absolute Gasteiger partial charge is 0.481 e. The Hall–Kier alpha value is -1.86. The van der Waals surface area contributed by atoms with Gasteiger partial charge in [-0.1, -0.05) is 18.2 Å². The predicted molar refractivity (Wildman–Crippen MR) is 48.4 cm³/mol. The van der Waals surface area contributed by atoms with Crippen molar-refractivity contribution in [1.29, 1.82) is 5.26 Å². The molecule has 0 fully saturated rings. The molecule has 1 aromatic carbocycles. The lowest BCUT2D eigenvalue weighted by atomic mass is 10.0. The highest BCUT2D eigenvalue weighted by Gasteiger charge is 2.14. The number of nitriles is 1. The first-order chi connectivity index (χ1) is 6.65. The molecule has 14 heavy (non-hydrogen) atoms. The van der Waals surface area contributed by atoms with Gasteiger partial charge in [-0.05, 0) is 11.6 Å². The van der Waals surface area contributed by atoms with E-state index in [9.17, 15) is 9.90 Å². The molecule has 0 spiro atoms. The number of aliphatic carboxylic acids is 1. The summed E-state index contributed by atoms with van der Waals surface area (Å²) in [6.07, 6.45) is -1.51. The summed E-state index contributed by atoms with van der Waals surface area (Å²) in [7, 11) is 0. The number of aliphatic hydroxyl groups excluding tert-OH is 1. The topological polar surface area (TPSA) is 81.3 Å². The van der Waals surface area contributed by atoms with Crippen molar-refractivity contribution in [3.8, 4) is 6.07 Å². The lowest BCUT2D eigenvalue weighted by Crippen LogP contribution is -2.06. The lowest BCUT2D eigenvalue weighted by molar-refractivity contribution is -0.139. The molecule has 4 heteroatoms. The Balaban J connectivity index is 2.95. The zero-order valence-corrected chi connectivity index (χ0v) is 7.34. The minimum absolute atomic E-state index is 0.307. The number of carboxylic acid groups (broad SMARTS) is 1. The molecule has 1 aromatic rings. The highest BCUT2D eigenvalue weighted by atomic mass is 16.4. The maximum absolute atomic E-state index is 10.3. The molecule has 72 valence electrons. The van der Waals surface area contributed by atoms with E-state index in [2.05, 4.69) is 0 Å². The fourth-order valence-corrected chi connectivity index (χ4v) is 1.16. The second-order valence-corrected chi connectivity index (χ2v) is 2.81. The highest BCUT2D eigenvalue weighted by molar-refractivity contribution is 5.67. The van der Waals surface area contributed by atoms with Crippen LogP contribution in [0, 0.1) is 11.3 Å². The van der Waals surface area contributed by atoms with Gasteiger partial charge in [-0.15, -0.1) is 0 Å². The van der Waals surface area contributed by atoms with Crippen LogP contribution in [0.5, 0.6) is 0 Å². The Labute approximate surface area is 81.0 Å². The summed E-state index contributed by atoms with van der Waals surface area (Å²) in [5, 5.41) is 26.6. The van der Waals surface area contributed by atoms with Gasteiger partial charge >= 0.3 is 5.97 Å². The van der Waals surface area contributed by atoms with E-state index in [1.165, 1.54) is 0 Å². The highest BCUT2D eigenvalue weighted by Crippen LogP contribution is 2.19. The van der Waals surface area contributed by atoms with Crippen molar-refractivity contribution >= 4 is 5.97 Å². The molecule has 0 heterocycles. The standard InChI is InChI=1S/C10H9NO3/c11-6-7-3-1-2-4-8(7)9(12)5-10(13)14/h1-4,9,12H,5H2,(H,13,14)/t9-/m1/s1. The molecule has 2 N–H and O–H groups in total. The van der Waals surface area contributed by atoms with Gasteiger partial charge in [0, 0.05) is 0 Å². The number of nitrogens with zero attached hydrogens (tertiary/aromatic N) is 1. The number of hydrogen-bond donors (Lipinski definition) is 2. The summed E-state index contributed by atoms with van der Waals surface area (Å²) >= 11 is 0. The van der Waals surface area contributed by atoms with E-state index in [-0.39, 0.29) is 0 Å². The summed E-state index contributed by atoms with van der Waals surface area (Å²) in [4.78, 5) is 10.3. The molecule has 0 unspecified atom stereocenters. The third-order valence-corrected chi connectivity index (χ3v) is 1.81. The van der Waals surface area contributed by atoms with Crippen LogP contribution < -0.4 is 0 Å². The smallest absolute Gasteiger partial charge is 0.306 e. The van der Waals surface area contributed by atoms with Gasteiger partial charge < -0.3 is 10.2 Å². The Morgan fingerprint density at radius 3 is 2.71 bits per heavy atom. The van der Waals surface area contributed by atoms with Crippen LogP contribution >= 0.6 is 0 Å². The van der Waals surface area contributed by atoms with Crippen molar-refractivity contribution in [2.24, 2.45) is 0 Å². The normalized spacial score (nSPS) is 11.7. The Kier molecular flexibility index (Phi) is 3.21. The van der Waals surface area contributed by atoms with Crippen molar-refractivity contribution < 1.29 is 15.0 Å². The number of carbonyl (C=O) groups is 1. The summed E-state index contributed by atoms with van der Waals surface area (Å²) < 4.78 is 0. The summed E-state index contributed by atoms with van der Waals surface area (Å²) in [6.45, 7) is 0. The maximum atomic E-state index is 10.3. The molecule has 1 rings (SSSR count). The van der Waals surface area contributed by atoms with Gasteiger partial charge in [-0.25, -0.2) is 0 Å². The Bertz CT molecular complexity index is 381. The van der Waals surface area contributed by atoms with Crippen LogP contribution in [0.2, 0.25) is 0 Å². The zero-order valence-electron chi connectivity index (χ0n) is 7.34. The molecule has 0 radical (unpaired) electrons. The van der Waals surface area contributed by atoms with Gasteiger partial charge in [0.2, 0.25) is 0 Å². The molecule has 0 bridgehead atoms. The average Bonchev–Trinajstić information content (AvgIpc) is 2.16. The van der Waals surface area contributed by atoms with Crippen LogP contribution in [0.3, 0.4) is 0 Å². The number of carboxylic acids is 1. The van der Waals surface area contributed by atoms with Crippen molar-refractivity contribution in [2.45, 2.75) is 12.5 Å². The molecular weight excluding hydrogens is 182 g/mol. The molecule has 0 saturated carbocycles. The molecule has 1 atom stereocenters. The molecule has 0 saturated heterocycles. The molecular formula is C10H9NO3. The van der Waals surface area contributed by atoms with E-state index in [1.807, 2.05) is 6.07 Å². The second-order valence-electron chi connectivity index (χ2n) is 2.81. The van der Waals surface area contributed by atoms with Crippen LogP contribution in [-0.2, 0) is 4.79 Å². The van der Waals surface area contributed by atoms with E-state index in [0.717, 1.165) is 0 Å². The molecule has 0 aliphatic heterocycles. The average molecular weight is 191 g/mol. The van der Waals surface area contributed by atoms with Gasteiger partial charge in [-0.3, -0.25) is 4.79 Å². The fourth-order valence-electron chi connectivity index (χ4n) is 1.16. The SMILES string of the molecule is N#Cc1ccccc1[C@H](O)CC(=O)O. The van der Waals surface area contributed by atoms with Crippen molar-refractivity contribution in [1.82, 2.24) is 0 Å². The van der Waals surface area contributed by atoms with Crippen molar-refractivity contribution in [3.63, 3.8) is 0 Å². The first-order valence-corrected chi connectivity index (χ1v) is 4.04. The van der Waals surface area contributed by atoms with Gasteiger partial charge in [-0.2, -0.15) is 5.26 Å². The molecule has 0 aromatic heterocycles. The van der Waals surface area contributed by atoms with Gasteiger partial charge in [0.05, 0.1) is 24.2 Å². The van der Waals surface area contributed by atoms with Crippen LogP contribution in [-0.4, -0.2) is 16.2 Å². The van der Waals surface area contributed by atoms with E-state index in [4.69, 9.17) is 10.4 Å².